The van der Waals surface area contributed by atoms with E-state index in [1.54, 1.807) is 6.07 Å². The van der Waals surface area contributed by atoms with Crippen molar-refractivity contribution in [2.45, 2.75) is 13.1 Å². The molecule has 1 N–H and O–H groups in total. The lowest BCUT2D eigenvalue weighted by atomic mass is 10.1. The van der Waals surface area contributed by atoms with E-state index in [0.29, 0.717) is 0 Å². The molecule has 0 saturated carbocycles. The summed E-state index contributed by atoms with van der Waals surface area (Å²) < 4.78 is 15.3. The summed E-state index contributed by atoms with van der Waals surface area (Å²) in [6, 6.07) is 11.1. The maximum atomic E-state index is 13.4. The molecular weight excluding hydrogens is 253 g/mol. The molecule has 0 amide bonds. The molecule has 3 aromatic rings. The van der Waals surface area contributed by atoms with Gasteiger partial charge in [0.05, 0.1) is 11.0 Å². The Bertz CT molecular complexity index is 820. The molecule has 20 heavy (non-hydrogen) atoms. The van der Waals surface area contributed by atoms with Gasteiger partial charge in [-0.2, -0.15) is 0 Å². The van der Waals surface area contributed by atoms with Gasteiger partial charge >= 0.3 is 0 Å². The molecule has 0 saturated heterocycles. The molecule has 3 nitrogen and oxygen atoms in total. The molecule has 1 aliphatic heterocycles. The van der Waals surface area contributed by atoms with Gasteiger partial charge in [-0.3, -0.25) is 0 Å². The number of hydrogen-bond acceptors (Lipinski definition) is 2. The van der Waals surface area contributed by atoms with Crippen molar-refractivity contribution >= 4 is 11.0 Å². The van der Waals surface area contributed by atoms with Crippen molar-refractivity contribution in [3.05, 3.63) is 53.3 Å². The molecule has 0 unspecified atom stereocenters. The molecule has 0 spiro atoms. The Kier molecular flexibility index (Phi) is 2.41. The molecule has 4 heteroatoms. The number of nitrogens with one attached hydrogen (secondary N) is 1. The van der Waals surface area contributed by atoms with Crippen LogP contribution in [0.15, 0.2) is 36.4 Å². The van der Waals surface area contributed by atoms with Gasteiger partial charge < -0.3 is 9.88 Å². The maximum Gasteiger partial charge on any atom is 0.140 e. The number of halogens is 1. The van der Waals surface area contributed by atoms with E-state index >= 15 is 0 Å². The Morgan fingerprint density at radius 2 is 1.95 bits per heavy atom. The highest BCUT2D eigenvalue weighted by atomic mass is 19.1. The van der Waals surface area contributed by atoms with Crippen LogP contribution in [-0.2, 0) is 20.1 Å². The summed E-state index contributed by atoms with van der Waals surface area (Å²) in [5, 5.41) is 3.34. The predicted octanol–water partition coefficient (Wildman–Crippen LogP) is 2.98. The summed E-state index contributed by atoms with van der Waals surface area (Å²) in [5.41, 5.74) is 5.38. The molecule has 0 bridgehead atoms. The van der Waals surface area contributed by atoms with E-state index in [1.165, 1.54) is 23.3 Å². The van der Waals surface area contributed by atoms with Crippen molar-refractivity contribution in [1.29, 1.82) is 0 Å². The first-order valence-corrected chi connectivity index (χ1v) is 6.67. The topological polar surface area (TPSA) is 29.9 Å². The molecule has 1 aromatic heterocycles. The lowest BCUT2D eigenvalue weighted by Crippen LogP contribution is -1.99. The number of nitrogens with zero attached hydrogens (tertiary/aromatic N) is 2. The number of rotatable bonds is 1. The minimum atomic E-state index is -0.231. The molecule has 2 heterocycles. The summed E-state index contributed by atoms with van der Waals surface area (Å²) in [4.78, 5) is 4.62. The third kappa shape index (κ3) is 1.65. The number of fused-ring (bicyclic) bond motifs is 2. The molecule has 0 radical (unpaired) electrons. The Labute approximate surface area is 116 Å². The summed E-state index contributed by atoms with van der Waals surface area (Å²) in [6.07, 6.45) is 0. The fraction of sp³-hybridized carbons (Fsp3) is 0.188. The first kappa shape index (κ1) is 11.6. The standard InChI is InChI=1S/C16H14FN3/c1-20-15-7-13(17)4-5-14(15)19-16(20)10-2-3-11-8-18-9-12(11)6-10/h2-7,18H,8-9H2,1H3. The third-order valence-corrected chi connectivity index (χ3v) is 3.94. The van der Waals surface area contributed by atoms with E-state index in [2.05, 4.69) is 28.5 Å². The molecule has 100 valence electrons. The number of hydrogen-bond donors (Lipinski definition) is 1. The second kappa shape index (κ2) is 4.15. The fourth-order valence-electron chi connectivity index (χ4n) is 2.86. The fourth-order valence-corrected chi connectivity index (χ4v) is 2.86. The van der Waals surface area contributed by atoms with Crippen LogP contribution in [0.1, 0.15) is 11.1 Å². The molecule has 0 atom stereocenters. The summed E-state index contributed by atoms with van der Waals surface area (Å²) >= 11 is 0. The van der Waals surface area contributed by atoms with E-state index in [0.717, 1.165) is 35.5 Å². The van der Waals surface area contributed by atoms with Gasteiger partial charge in [0.1, 0.15) is 11.6 Å². The van der Waals surface area contributed by atoms with Crippen LogP contribution in [0.2, 0.25) is 0 Å². The van der Waals surface area contributed by atoms with Crippen LogP contribution in [0.3, 0.4) is 0 Å². The SMILES string of the molecule is Cn1c(-c2ccc3c(c2)CNC3)nc2ccc(F)cc21. The Morgan fingerprint density at radius 3 is 2.85 bits per heavy atom. The van der Waals surface area contributed by atoms with Gasteiger partial charge in [-0.15, -0.1) is 0 Å². The highest BCUT2D eigenvalue weighted by Crippen LogP contribution is 2.27. The summed E-state index contributed by atoms with van der Waals surface area (Å²) in [5.74, 6) is 0.644. The van der Waals surface area contributed by atoms with Crippen LogP contribution in [0.4, 0.5) is 4.39 Å². The number of imidazole rings is 1. The first-order valence-electron chi connectivity index (χ1n) is 6.67. The minimum Gasteiger partial charge on any atom is -0.327 e. The lowest BCUT2D eigenvalue weighted by Gasteiger charge is -2.05. The van der Waals surface area contributed by atoms with Crippen molar-refractivity contribution < 1.29 is 4.39 Å². The van der Waals surface area contributed by atoms with Crippen LogP contribution in [0, 0.1) is 5.82 Å². The number of aromatic nitrogens is 2. The molecule has 1 aliphatic rings. The third-order valence-electron chi connectivity index (χ3n) is 3.94. The average molecular weight is 267 g/mol. The van der Waals surface area contributed by atoms with Gasteiger partial charge in [0, 0.05) is 25.7 Å². The van der Waals surface area contributed by atoms with Crippen molar-refractivity contribution in [3.8, 4) is 11.4 Å². The van der Waals surface area contributed by atoms with Crippen molar-refractivity contribution in [3.63, 3.8) is 0 Å². The van der Waals surface area contributed by atoms with E-state index in [-0.39, 0.29) is 5.82 Å². The van der Waals surface area contributed by atoms with Gasteiger partial charge in [0.15, 0.2) is 0 Å². The van der Waals surface area contributed by atoms with Gasteiger partial charge in [0.25, 0.3) is 0 Å². The molecule has 0 aliphatic carbocycles. The van der Waals surface area contributed by atoms with Crippen molar-refractivity contribution in [2.24, 2.45) is 7.05 Å². The van der Waals surface area contributed by atoms with Crippen LogP contribution in [0.25, 0.3) is 22.4 Å². The highest BCUT2D eigenvalue weighted by Gasteiger charge is 2.14. The predicted molar refractivity (Wildman–Crippen MR) is 76.7 cm³/mol. The van der Waals surface area contributed by atoms with Crippen molar-refractivity contribution in [1.82, 2.24) is 14.9 Å². The van der Waals surface area contributed by atoms with E-state index in [1.807, 2.05) is 11.6 Å². The van der Waals surface area contributed by atoms with Gasteiger partial charge in [-0.1, -0.05) is 12.1 Å². The second-order valence-corrected chi connectivity index (χ2v) is 5.21. The highest BCUT2D eigenvalue weighted by molar-refractivity contribution is 5.80. The number of benzene rings is 2. The Hall–Kier alpha value is -2.20. The lowest BCUT2D eigenvalue weighted by molar-refractivity contribution is 0.629. The first-order chi connectivity index (χ1) is 9.72. The minimum absolute atomic E-state index is 0.231. The van der Waals surface area contributed by atoms with Gasteiger partial charge in [0.2, 0.25) is 0 Å². The quantitative estimate of drug-likeness (QED) is 0.734. The summed E-state index contributed by atoms with van der Waals surface area (Å²) in [7, 11) is 1.93. The van der Waals surface area contributed by atoms with E-state index < -0.39 is 0 Å². The van der Waals surface area contributed by atoms with Crippen LogP contribution in [-0.4, -0.2) is 9.55 Å². The van der Waals surface area contributed by atoms with Gasteiger partial charge in [-0.05, 0) is 35.4 Å². The number of aryl methyl sites for hydroxylation is 1. The monoisotopic (exact) mass is 267 g/mol. The Balaban J connectivity index is 1.92. The smallest absolute Gasteiger partial charge is 0.140 e. The zero-order valence-electron chi connectivity index (χ0n) is 11.2. The zero-order chi connectivity index (χ0) is 13.7. The average Bonchev–Trinajstić information content (AvgIpc) is 3.03. The second-order valence-electron chi connectivity index (χ2n) is 5.21. The molecule has 4 rings (SSSR count). The molecular formula is C16H14FN3. The Morgan fingerprint density at radius 1 is 1.10 bits per heavy atom. The maximum absolute atomic E-state index is 13.4. The van der Waals surface area contributed by atoms with E-state index in [4.69, 9.17) is 0 Å². The van der Waals surface area contributed by atoms with E-state index in [9.17, 15) is 4.39 Å². The normalized spacial score (nSPS) is 13.9. The molecule has 2 aromatic carbocycles. The zero-order valence-corrected chi connectivity index (χ0v) is 11.2. The summed E-state index contributed by atoms with van der Waals surface area (Å²) in [6.45, 7) is 1.84. The van der Waals surface area contributed by atoms with Crippen LogP contribution >= 0.6 is 0 Å². The van der Waals surface area contributed by atoms with Crippen LogP contribution in [0.5, 0.6) is 0 Å². The van der Waals surface area contributed by atoms with Crippen LogP contribution < -0.4 is 5.32 Å². The van der Waals surface area contributed by atoms with Crippen molar-refractivity contribution in [2.75, 3.05) is 0 Å². The largest absolute Gasteiger partial charge is 0.327 e. The molecule has 0 fully saturated rings. The van der Waals surface area contributed by atoms with Gasteiger partial charge in [-0.25, -0.2) is 9.37 Å².